The summed E-state index contributed by atoms with van der Waals surface area (Å²) in [6, 6.07) is 0.219. The molecule has 0 saturated carbocycles. The summed E-state index contributed by atoms with van der Waals surface area (Å²) in [7, 11) is 0. The lowest BCUT2D eigenvalue weighted by atomic mass is 9.89. The number of carboxylic acids is 1. The highest BCUT2D eigenvalue weighted by molar-refractivity contribution is 5.82. The van der Waals surface area contributed by atoms with Crippen LogP contribution in [0.1, 0.15) is 39.0 Å². The van der Waals surface area contributed by atoms with Crippen LogP contribution in [0.4, 0.5) is 0 Å². The molecule has 3 fully saturated rings. The van der Waals surface area contributed by atoms with Gasteiger partial charge in [0, 0.05) is 25.2 Å². The normalized spacial score (nSPS) is 35.8. The first-order valence-corrected chi connectivity index (χ1v) is 7.38. The van der Waals surface area contributed by atoms with Crippen molar-refractivity contribution in [2.45, 2.75) is 57.2 Å². The van der Waals surface area contributed by atoms with Gasteiger partial charge in [0.25, 0.3) is 0 Å². The van der Waals surface area contributed by atoms with Crippen LogP contribution in [-0.4, -0.2) is 58.0 Å². The van der Waals surface area contributed by atoms with Gasteiger partial charge in [-0.2, -0.15) is 0 Å². The number of carboxylic acid groups (broad SMARTS) is 1. The van der Waals surface area contributed by atoms with Crippen LogP contribution < -0.4 is 0 Å². The molecule has 0 aromatic heterocycles. The lowest BCUT2D eigenvalue weighted by Crippen LogP contribution is -2.49. The SMILES string of the molecule is CC(C(=O)N1CCCC1)N1C2CCC1C(C(=O)O)C2. The molecule has 3 aliphatic heterocycles. The van der Waals surface area contributed by atoms with Crippen LogP contribution in [0.15, 0.2) is 0 Å². The minimum absolute atomic E-state index is 0.0732. The molecular weight excluding hydrogens is 244 g/mol. The van der Waals surface area contributed by atoms with Crippen LogP contribution in [-0.2, 0) is 9.59 Å². The number of carbonyl (C=O) groups excluding carboxylic acids is 1. The number of aliphatic carboxylic acids is 1. The maximum Gasteiger partial charge on any atom is 0.308 e. The monoisotopic (exact) mass is 266 g/mol. The van der Waals surface area contributed by atoms with Crippen molar-refractivity contribution in [1.29, 1.82) is 0 Å². The van der Waals surface area contributed by atoms with Crippen molar-refractivity contribution in [3.8, 4) is 0 Å². The van der Waals surface area contributed by atoms with Crippen molar-refractivity contribution < 1.29 is 14.7 Å². The molecule has 0 aliphatic carbocycles. The van der Waals surface area contributed by atoms with Gasteiger partial charge in [0.1, 0.15) is 0 Å². The predicted octanol–water partition coefficient (Wildman–Crippen LogP) is 0.935. The first-order chi connectivity index (χ1) is 9.09. The molecule has 4 unspecified atom stereocenters. The zero-order chi connectivity index (χ0) is 13.6. The van der Waals surface area contributed by atoms with Crippen molar-refractivity contribution >= 4 is 11.9 Å². The molecule has 4 atom stereocenters. The third kappa shape index (κ3) is 2.04. The number of nitrogens with zero attached hydrogens (tertiary/aromatic N) is 2. The van der Waals surface area contributed by atoms with Crippen molar-refractivity contribution in [3.63, 3.8) is 0 Å². The van der Waals surface area contributed by atoms with E-state index in [1.807, 2.05) is 11.8 Å². The molecule has 19 heavy (non-hydrogen) atoms. The molecule has 0 radical (unpaired) electrons. The van der Waals surface area contributed by atoms with Crippen LogP contribution in [0.25, 0.3) is 0 Å². The number of carbonyl (C=O) groups is 2. The van der Waals surface area contributed by atoms with Crippen molar-refractivity contribution in [2.24, 2.45) is 5.92 Å². The van der Waals surface area contributed by atoms with Crippen LogP contribution in [0.3, 0.4) is 0 Å². The second-order valence-corrected chi connectivity index (χ2v) is 6.13. The second-order valence-electron chi connectivity index (χ2n) is 6.13. The fourth-order valence-electron chi connectivity index (χ4n) is 4.23. The fourth-order valence-corrected chi connectivity index (χ4v) is 4.23. The summed E-state index contributed by atoms with van der Waals surface area (Å²) >= 11 is 0. The first-order valence-electron chi connectivity index (χ1n) is 7.38. The Morgan fingerprint density at radius 2 is 1.89 bits per heavy atom. The number of hydrogen-bond acceptors (Lipinski definition) is 3. The zero-order valence-corrected chi connectivity index (χ0v) is 11.4. The smallest absolute Gasteiger partial charge is 0.308 e. The molecule has 0 spiro atoms. The Labute approximate surface area is 113 Å². The Morgan fingerprint density at radius 1 is 1.21 bits per heavy atom. The fraction of sp³-hybridized carbons (Fsp3) is 0.857. The molecule has 0 aromatic rings. The van der Waals surface area contributed by atoms with Gasteiger partial charge in [0.05, 0.1) is 12.0 Å². The molecule has 3 heterocycles. The highest BCUT2D eigenvalue weighted by Gasteiger charge is 2.52. The van der Waals surface area contributed by atoms with Gasteiger partial charge < -0.3 is 10.0 Å². The van der Waals surface area contributed by atoms with Crippen LogP contribution in [0.5, 0.6) is 0 Å². The summed E-state index contributed by atoms with van der Waals surface area (Å²) in [6.07, 6.45) is 4.90. The Kier molecular flexibility index (Phi) is 3.25. The van der Waals surface area contributed by atoms with E-state index in [1.165, 1.54) is 0 Å². The molecule has 5 heteroatoms. The zero-order valence-electron chi connectivity index (χ0n) is 11.4. The first kappa shape index (κ1) is 12.9. The molecule has 5 nitrogen and oxygen atoms in total. The number of fused-ring (bicyclic) bond motifs is 2. The van der Waals surface area contributed by atoms with Crippen molar-refractivity contribution in [1.82, 2.24) is 9.80 Å². The molecular formula is C14H22N2O3. The van der Waals surface area contributed by atoms with E-state index in [9.17, 15) is 14.7 Å². The Morgan fingerprint density at radius 3 is 2.47 bits per heavy atom. The number of rotatable bonds is 3. The Bertz CT molecular complexity index is 392. The van der Waals surface area contributed by atoms with Crippen LogP contribution in [0.2, 0.25) is 0 Å². The van der Waals surface area contributed by atoms with Crippen LogP contribution in [0, 0.1) is 5.92 Å². The summed E-state index contributed by atoms with van der Waals surface area (Å²) in [6.45, 7) is 3.69. The number of hydrogen-bond donors (Lipinski definition) is 1. The van der Waals surface area contributed by atoms with Gasteiger partial charge in [0.15, 0.2) is 0 Å². The minimum Gasteiger partial charge on any atom is -0.481 e. The maximum atomic E-state index is 12.5. The molecule has 3 aliphatic rings. The van der Waals surface area contributed by atoms with Gasteiger partial charge in [-0.25, -0.2) is 0 Å². The summed E-state index contributed by atoms with van der Waals surface area (Å²) in [5.74, 6) is -0.772. The molecule has 3 rings (SSSR count). The van der Waals surface area contributed by atoms with Gasteiger partial charge in [-0.3, -0.25) is 14.5 Å². The predicted molar refractivity (Wildman–Crippen MR) is 69.7 cm³/mol. The quantitative estimate of drug-likeness (QED) is 0.825. The summed E-state index contributed by atoms with van der Waals surface area (Å²) in [5, 5.41) is 9.26. The van der Waals surface area contributed by atoms with E-state index in [0.29, 0.717) is 6.04 Å². The topological polar surface area (TPSA) is 60.9 Å². The molecule has 3 saturated heterocycles. The van der Waals surface area contributed by atoms with Crippen molar-refractivity contribution in [3.05, 3.63) is 0 Å². The van der Waals surface area contributed by atoms with Gasteiger partial charge in [0.2, 0.25) is 5.91 Å². The van der Waals surface area contributed by atoms with Gasteiger partial charge in [-0.15, -0.1) is 0 Å². The lowest BCUT2D eigenvalue weighted by Gasteiger charge is -2.31. The van der Waals surface area contributed by atoms with E-state index in [0.717, 1.165) is 45.2 Å². The van der Waals surface area contributed by atoms with E-state index >= 15 is 0 Å². The molecule has 2 bridgehead atoms. The molecule has 106 valence electrons. The van der Waals surface area contributed by atoms with E-state index in [-0.39, 0.29) is 23.9 Å². The molecule has 1 N–H and O–H groups in total. The highest BCUT2D eigenvalue weighted by atomic mass is 16.4. The lowest BCUT2D eigenvalue weighted by molar-refractivity contribution is -0.144. The van der Waals surface area contributed by atoms with E-state index in [4.69, 9.17) is 0 Å². The average molecular weight is 266 g/mol. The average Bonchev–Trinajstić information content (AvgIpc) is 3.11. The summed E-state index contributed by atoms with van der Waals surface area (Å²) < 4.78 is 0. The number of amides is 1. The van der Waals surface area contributed by atoms with Crippen LogP contribution >= 0.6 is 0 Å². The summed E-state index contributed by atoms with van der Waals surface area (Å²) in [4.78, 5) is 27.9. The van der Waals surface area contributed by atoms with Gasteiger partial charge >= 0.3 is 5.97 Å². The Hall–Kier alpha value is -1.10. The highest BCUT2D eigenvalue weighted by Crippen LogP contribution is 2.43. The van der Waals surface area contributed by atoms with E-state index < -0.39 is 5.97 Å². The standard InChI is InChI=1S/C14H22N2O3/c1-9(13(17)15-6-2-3-7-15)16-10-4-5-12(16)11(8-10)14(18)19/h9-12H,2-8H2,1H3,(H,18,19). The molecule has 1 amide bonds. The second kappa shape index (κ2) is 4.78. The third-order valence-electron chi connectivity index (χ3n) is 5.13. The van der Waals surface area contributed by atoms with E-state index in [2.05, 4.69) is 4.90 Å². The van der Waals surface area contributed by atoms with Crippen molar-refractivity contribution in [2.75, 3.05) is 13.1 Å². The van der Waals surface area contributed by atoms with Gasteiger partial charge in [-0.05, 0) is 39.0 Å². The Balaban J connectivity index is 1.72. The number of likely N-dealkylation sites (tertiary alicyclic amines) is 1. The maximum absolute atomic E-state index is 12.5. The third-order valence-corrected chi connectivity index (χ3v) is 5.13. The molecule has 0 aromatic carbocycles. The minimum atomic E-state index is -0.696. The van der Waals surface area contributed by atoms with Gasteiger partial charge in [-0.1, -0.05) is 0 Å². The summed E-state index contributed by atoms with van der Waals surface area (Å²) in [5.41, 5.74) is 0. The van der Waals surface area contributed by atoms with E-state index in [1.54, 1.807) is 0 Å². The largest absolute Gasteiger partial charge is 0.481 e.